The fraction of sp³-hybridized carbons (Fsp3) is 0.938. The maximum atomic E-state index is 12.6. The SMILES string of the molecule is CCCC1CCC(C#N)C(S(=O)CC2CCCC2)C1. The standard InChI is InChI=1S/C16H27NOS/c1-2-5-13-8-9-15(11-17)16(10-13)19(18)12-14-6-3-4-7-14/h13-16H,2-10,12H2,1H3. The van der Waals surface area contributed by atoms with E-state index in [1.54, 1.807) is 0 Å². The highest BCUT2D eigenvalue weighted by Gasteiger charge is 2.35. The number of hydrogen-bond donors (Lipinski definition) is 0. The molecule has 0 radical (unpaired) electrons. The van der Waals surface area contributed by atoms with E-state index in [9.17, 15) is 9.47 Å². The average molecular weight is 281 g/mol. The molecular formula is C16H27NOS. The number of hydrogen-bond acceptors (Lipinski definition) is 2. The van der Waals surface area contributed by atoms with Gasteiger partial charge < -0.3 is 0 Å². The van der Waals surface area contributed by atoms with Crippen LogP contribution in [0, 0.1) is 29.1 Å². The zero-order valence-electron chi connectivity index (χ0n) is 12.1. The third-order valence-electron chi connectivity index (χ3n) is 4.98. The zero-order valence-corrected chi connectivity index (χ0v) is 13.0. The predicted molar refractivity (Wildman–Crippen MR) is 80.1 cm³/mol. The van der Waals surface area contributed by atoms with Gasteiger partial charge >= 0.3 is 0 Å². The quantitative estimate of drug-likeness (QED) is 0.763. The van der Waals surface area contributed by atoms with Crippen LogP contribution in [0.1, 0.15) is 64.7 Å². The molecule has 2 saturated carbocycles. The van der Waals surface area contributed by atoms with Crippen LogP contribution in [0.15, 0.2) is 0 Å². The molecule has 108 valence electrons. The molecule has 2 aliphatic rings. The lowest BCUT2D eigenvalue weighted by Gasteiger charge is -2.32. The second-order valence-electron chi connectivity index (χ2n) is 6.44. The van der Waals surface area contributed by atoms with Crippen molar-refractivity contribution < 1.29 is 4.21 Å². The molecule has 3 heteroatoms. The molecule has 2 nitrogen and oxygen atoms in total. The molecule has 2 fully saturated rings. The van der Waals surface area contributed by atoms with Crippen LogP contribution in [-0.2, 0) is 10.8 Å². The van der Waals surface area contributed by atoms with Gasteiger partial charge in [-0.2, -0.15) is 5.26 Å². The van der Waals surface area contributed by atoms with Gasteiger partial charge in [0.2, 0.25) is 0 Å². The lowest BCUT2D eigenvalue weighted by Crippen LogP contribution is -2.34. The Kier molecular flexibility index (Phi) is 5.88. The van der Waals surface area contributed by atoms with Gasteiger partial charge in [0, 0.05) is 16.6 Å². The van der Waals surface area contributed by atoms with Crippen molar-refractivity contribution >= 4 is 10.8 Å². The zero-order chi connectivity index (χ0) is 13.7. The smallest absolute Gasteiger partial charge is 0.0668 e. The first-order valence-corrected chi connectivity index (χ1v) is 9.39. The molecule has 2 rings (SSSR count). The molecule has 0 N–H and O–H groups in total. The average Bonchev–Trinajstić information content (AvgIpc) is 2.92. The lowest BCUT2D eigenvalue weighted by molar-refractivity contribution is 0.303. The molecule has 0 spiro atoms. The van der Waals surface area contributed by atoms with E-state index in [1.165, 1.54) is 44.9 Å². The van der Waals surface area contributed by atoms with Crippen molar-refractivity contribution in [3.63, 3.8) is 0 Å². The Balaban J connectivity index is 1.92. The summed E-state index contributed by atoms with van der Waals surface area (Å²) in [6.07, 6.45) is 10.8. The topological polar surface area (TPSA) is 40.9 Å². The number of nitrogens with zero attached hydrogens (tertiary/aromatic N) is 1. The lowest BCUT2D eigenvalue weighted by atomic mass is 9.80. The molecule has 19 heavy (non-hydrogen) atoms. The van der Waals surface area contributed by atoms with Crippen molar-refractivity contribution in [2.45, 2.75) is 70.0 Å². The second-order valence-corrected chi connectivity index (χ2v) is 8.14. The first-order chi connectivity index (χ1) is 9.24. The molecule has 0 amide bonds. The van der Waals surface area contributed by atoms with Gasteiger partial charge in [0.1, 0.15) is 0 Å². The number of rotatable bonds is 5. The van der Waals surface area contributed by atoms with Crippen LogP contribution >= 0.6 is 0 Å². The minimum absolute atomic E-state index is 0.0512. The van der Waals surface area contributed by atoms with E-state index >= 15 is 0 Å². The summed E-state index contributed by atoms with van der Waals surface area (Å²) < 4.78 is 12.6. The van der Waals surface area contributed by atoms with Gasteiger partial charge in [0.25, 0.3) is 0 Å². The fourth-order valence-electron chi connectivity index (χ4n) is 3.85. The highest BCUT2D eigenvalue weighted by atomic mass is 32.2. The fourth-order valence-corrected chi connectivity index (χ4v) is 5.95. The normalized spacial score (nSPS) is 34.0. The van der Waals surface area contributed by atoms with Crippen LogP contribution < -0.4 is 0 Å². The molecule has 0 aromatic carbocycles. The predicted octanol–water partition coefficient (Wildman–Crippen LogP) is 4.03. The Labute approximate surface area is 120 Å². The monoisotopic (exact) mass is 281 g/mol. The molecule has 0 aromatic rings. The third-order valence-corrected chi connectivity index (χ3v) is 6.97. The van der Waals surface area contributed by atoms with E-state index < -0.39 is 10.8 Å². The van der Waals surface area contributed by atoms with Gasteiger partial charge in [-0.05, 0) is 43.9 Å². The van der Waals surface area contributed by atoms with Crippen molar-refractivity contribution in [3.8, 4) is 6.07 Å². The van der Waals surface area contributed by atoms with E-state index in [0.29, 0.717) is 11.8 Å². The van der Waals surface area contributed by atoms with Crippen LogP contribution in [0.25, 0.3) is 0 Å². The Bertz CT molecular complexity index is 343. The summed E-state index contributed by atoms with van der Waals surface area (Å²) >= 11 is 0. The van der Waals surface area contributed by atoms with Crippen molar-refractivity contribution in [2.24, 2.45) is 17.8 Å². The van der Waals surface area contributed by atoms with Crippen LogP contribution in [0.3, 0.4) is 0 Å². The molecule has 0 aliphatic heterocycles. The van der Waals surface area contributed by atoms with Crippen molar-refractivity contribution in [1.82, 2.24) is 0 Å². The molecule has 0 aromatic heterocycles. The first kappa shape index (κ1) is 15.0. The van der Waals surface area contributed by atoms with Crippen LogP contribution in [0.2, 0.25) is 0 Å². The first-order valence-electron chi connectivity index (χ1n) is 8.01. The van der Waals surface area contributed by atoms with E-state index in [4.69, 9.17) is 0 Å². The largest absolute Gasteiger partial charge is 0.259 e. The maximum absolute atomic E-state index is 12.6. The summed E-state index contributed by atoms with van der Waals surface area (Å²) in [6.45, 7) is 2.22. The molecule has 0 heterocycles. The molecule has 2 aliphatic carbocycles. The maximum Gasteiger partial charge on any atom is 0.0668 e. The highest BCUT2D eigenvalue weighted by molar-refractivity contribution is 7.85. The van der Waals surface area contributed by atoms with Gasteiger partial charge in [-0.3, -0.25) is 4.21 Å². The molecule has 4 atom stereocenters. The summed E-state index contributed by atoms with van der Waals surface area (Å²) in [5, 5.41) is 9.47. The molecule has 0 bridgehead atoms. The minimum Gasteiger partial charge on any atom is -0.259 e. The van der Waals surface area contributed by atoms with E-state index in [0.717, 1.165) is 18.6 Å². The minimum atomic E-state index is -0.773. The van der Waals surface area contributed by atoms with Crippen molar-refractivity contribution in [2.75, 3.05) is 5.75 Å². The van der Waals surface area contributed by atoms with Crippen LogP contribution in [0.5, 0.6) is 0 Å². The third kappa shape index (κ3) is 4.05. The van der Waals surface area contributed by atoms with E-state index in [2.05, 4.69) is 13.0 Å². The Morgan fingerprint density at radius 2 is 1.89 bits per heavy atom. The van der Waals surface area contributed by atoms with Gasteiger partial charge in [-0.15, -0.1) is 0 Å². The van der Waals surface area contributed by atoms with Gasteiger partial charge in [-0.1, -0.05) is 32.6 Å². The Hall–Kier alpha value is -0.360. The van der Waals surface area contributed by atoms with Gasteiger partial charge in [0.05, 0.1) is 17.2 Å². The summed E-state index contributed by atoms with van der Waals surface area (Å²) in [7, 11) is -0.773. The number of nitriles is 1. The molecule has 4 unspecified atom stereocenters. The second kappa shape index (κ2) is 7.43. The van der Waals surface area contributed by atoms with E-state index in [-0.39, 0.29) is 11.2 Å². The van der Waals surface area contributed by atoms with Gasteiger partial charge in [0.15, 0.2) is 0 Å². The summed E-state index contributed by atoms with van der Waals surface area (Å²) in [5.74, 6) is 2.30. The van der Waals surface area contributed by atoms with Crippen LogP contribution in [-0.4, -0.2) is 15.2 Å². The Morgan fingerprint density at radius 3 is 2.53 bits per heavy atom. The van der Waals surface area contributed by atoms with Crippen molar-refractivity contribution in [3.05, 3.63) is 0 Å². The van der Waals surface area contributed by atoms with Crippen molar-refractivity contribution in [1.29, 1.82) is 5.26 Å². The summed E-state index contributed by atoms with van der Waals surface area (Å²) in [5.41, 5.74) is 0. The highest BCUT2D eigenvalue weighted by Crippen LogP contribution is 2.36. The summed E-state index contributed by atoms with van der Waals surface area (Å²) in [4.78, 5) is 0. The van der Waals surface area contributed by atoms with Gasteiger partial charge in [-0.25, -0.2) is 0 Å². The van der Waals surface area contributed by atoms with Crippen LogP contribution in [0.4, 0.5) is 0 Å². The van der Waals surface area contributed by atoms with E-state index in [1.807, 2.05) is 0 Å². The molecular weight excluding hydrogens is 254 g/mol. The Morgan fingerprint density at radius 1 is 1.16 bits per heavy atom. The summed E-state index contributed by atoms with van der Waals surface area (Å²) in [6, 6.07) is 2.43. The molecule has 0 saturated heterocycles.